The zero-order valence-electron chi connectivity index (χ0n) is 7.32. The summed E-state index contributed by atoms with van der Waals surface area (Å²) in [6.45, 7) is 13.0. The average Bonchev–Trinajstić information content (AvgIpc) is 2.17. The molecule has 0 aliphatic carbocycles. The summed E-state index contributed by atoms with van der Waals surface area (Å²) in [7, 11) is 0. The van der Waals surface area contributed by atoms with Crippen molar-refractivity contribution in [2.24, 2.45) is 0 Å². The molecule has 0 atom stereocenters. The predicted molar refractivity (Wildman–Crippen MR) is 51.4 cm³/mol. The monoisotopic (exact) mass is 177 g/mol. The Labute approximate surface area is 77.9 Å². The summed E-state index contributed by atoms with van der Waals surface area (Å²) >= 11 is 0. The minimum absolute atomic E-state index is 0.231. The van der Waals surface area contributed by atoms with Crippen LogP contribution in [0.1, 0.15) is 0 Å². The molecule has 0 aromatic carbocycles. The van der Waals surface area contributed by atoms with E-state index in [9.17, 15) is 4.79 Å². The van der Waals surface area contributed by atoms with Crippen LogP contribution < -0.4 is 0 Å². The molecule has 0 radical (unpaired) electrons. The van der Waals surface area contributed by atoms with Gasteiger partial charge >= 0.3 is 5.97 Å². The highest BCUT2D eigenvalue weighted by Crippen LogP contribution is 1.93. The Hall–Kier alpha value is -2.08. The SMILES string of the molecule is C=CC#N.C=COC(=O)C(=C)C=C. The van der Waals surface area contributed by atoms with Crippen molar-refractivity contribution in [2.75, 3.05) is 0 Å². The van der Waals surface area contributed by atoms with Gasteiger partial charge < -0.3 is 4.74 Å². The number of ether oxygens (including phenoxy) is 1. The van der Waals surface area contributed by atoms with Crippen LogP contribution in [0.15, 0.2) is 50.3 Å². The van der Waals surface area contributed by atoms with Gasteiger partial charge in [0.2, 0.25) is 0 Å². The van der Waals surface area contributed by atoms with E-state index in [1.807, 2.05) is 0 Å². The third-order valence-electron chi connectivity index (χ3n) is 0.790. The van der Waals surface area contributed by atoms with Crippen LogP contribution >= 0.6 is 0 Å². The number of hydrogen-bond acceptors (Lipinski definition) is 3. The first-order valence-corrected chi connectivity index (χ1v) is 3.27. The largest absolute Gasteiger partial charge is 0.432 e. The van der Waals surface area contributed by atoms with E-state index in [-0.39, 0.29) is 5.57 Å². The fourth-order valence-electron chi connectivity index (χ4n) is 0.235. The molecule has 0 N–H and O–H groups in total. The van der Waals surface area contributed by atoms with Crippen molar-refractivity contribution >= 4 is 5.97 Å². The summed E-state index contributed by atoms with van der Waals surface area (Å²) in [4.78, 5) is 10.5. The van der Waals surface area contributed by atoms with E-state index in [1.54, 1.807) is 6.07 Å². The van der Waals surface area contributed by atoms with Crippen molar-refractivity contribution < 1.29 is 9.53 Å². The number of nitriles is 1. The molecule has 0 aromatic rings. The predicted octanol–water partition coefficient (Wildman–Crippen LogP) is 2.11. The Morgan fingerprint density at radius 1 is 1.38 bits per heavy atom. The van der Waals surface area contributed by atoms with Crippen LogP contribution in [-0.2, 0) is 9.53 Å². The van der Waals surface area contributed by atoms with Gasteiger partial charge in [-0.15, -0.1) is 0 Å². The lowest BCUT2D eigenvalue weighted by molar-refractivity contribution is -0.133. The number of nitrogens with zero attached hydrogens (tertiary/aromatic N) is 1. The lowest BCUT2D eigenvalue weighted by Gasteiger charge is -1.93. The van der Waals surface area contributed by atoms with Gasteiger partial charge in [-0.3, -0.25) is 0 Å². The van der Waals surface area contributed by atoms with Crippen molar-refractivity contribution in [2.45, 2.75) is 0 Å². The highest BCUT2D eigenvalue weighted by molar-refractivity contribution is 5.90. The Kier molecular flexibility index (Phi) is 10.3. The van der Waals surface area contributed by atoms with Gasteiger partial charge in [0, 0.05) is 6.08 Å². The first-order valence-electron chi connectivity index (χ1n) is 3.27. The highest BCUT2D eigenvalue weighted by atomic mass is 16.5. The maximum absolute atomic E-state index is 10.5. The standard InChI is InChI=1S/C7H8O2.C3H3N/c1-4-6(3)7(8)9-5-2;1-2-3-4/h4-5H,1-3H2;2H,1H2. The molecule has 68 valence electrons. The molecular formula is C10H11NO2. The number of esters is 1. The van der Waals surface area contributed by atoms with E-state index in [1.165, 1.54) is 12.2 Å². The van der Waals surface area contributed by atoms with Gasteiger partial charge in [0.1, 0.15) is 0 Å². The molecule has 0 unspecified atom stereocenters. The minimum Gasteiger partial charge on any atom is -0.432 e. The van der Waals surface area contributed by atoms with Crippen molar-refractivity contribution in [1.29, 1.82) is 5.26 Å². The first kappa shape index (κ1) is 13.5. The number of hydrogen-bond donors (Lipinski definition) is 0. The molecule has 0 saturated carbocycles. The molecule has 0 aliphatic heterocycles. The van der Waals surface area contributed by atoms with E-state index < -0.39 is 5.97 Å². The third-order valence-corrected chi connectivity index (χ3v) is 0.790. The van der Waals surface area contributed by atoms with E-state index in [0.717, 1.165) is 6.26 Å². The molecule has 0 rings (SSSR count). The second-order valence-corrected chi connectivity index (χ2v) is 1.63. The Bertz CT molecular complexity index is 259. The first-order chi connectivity index (χ1) is 6.13. The molecule has 0 bridgehead atoms. The molecule has 0 amide bonds. The molecule has 0 aromatic heterocycles. The average molecular weight is 177 g/mol. The maximum Gasteiger partial charge on any atom is 0.342 e. The normalized spacial score (nSPS) is 6.38. The van der Waals surface area contributed by atoms with Crippen LogP contribution in [0.25, 0.3) is 0 Å². The smallest absolute Gasteiger partial charge is 0.342 e. The zero-order chi connectivity index (χ0) is 10.7. The summed E-state index contributed by atoms with van der Waals surface area (Å²) in [6, 6.07) is 1.69. The van der Waals surface area contributed by atoms with Gasteiger partial charge in [-0.2, -0.15) is 5.26 Å². The topological polar surface area (TPSA) is 50.1 Å². The van der Waals surface area contributed by atoms with Crippen LogP contribution in [0.3, 0.4) is 0 Å². The van der Waals surface area contributed by atoms with Crippen LogP contribution in [0.2, 0.25) is 0 Å². The molecule has 0 saturated heterocycles. The summed E-state index contributed by atoms with van der Waals surface area (Å²) < 4.78 is 4.35. The van der Waals surface area contributed by atoms with Gasteiger partial charge in [0.25, 0.3) is 0 Å². The van der Waals surface area contributed by atoms with Gasteiger partial charge in [0.05, 0.1) is 17.9 Å². The van der Waals surface area contributed by atoms with E-state index in [4.69, 9.17) is 5.26 Å². The minimum atomic E-state index is -0.514. The van der Waals surface area contributed by atoms with E-state index in [2.05, 4.69) is 31.1 Å². The second-order valence-electron chi connectivity index (χ2n) is 1.63. The highest BCUT2D eigenvalue weighted by Gasteiger charge is 1.99. The van der Waals surface area contributed by atoms with Gasteiger partial charge in [-0.25, -0.2) is 4.79 Å². The molecule has 0 heterocycles. The number of carbonyl (C=O) groups excluding carboxylic acids is 1. The molecule has 3 nitrogen and oxygen atoms in total. The van der Waals surface area contributed by atoms with E-state index >= 15 is 0 Å². The van der Waals surface area contributed by atoms with Gasteiger partial charge in [-0.05, 0) is 0 Å². The summed E-state index contributed by atoms with van der Waals surface area (Å²) in [5.41, 5.74) is 0.231. The fraction of sp³-hybridized carbons (Fsp3) is 0. The quantitative estimate of drug-likeness (QED) is 0.218. The van der Waals surface area contributed by atoms with Crippen molar-refractivity contribution in [1.82, 2.24) is 0 Å². The third kappa shape index (κ3) is 9.92. The number of rotatable bonds is 3. The second kappa shape index (κ2) is 9.92. The molecule has 0 spiro atoms. The maximum atomic E-state index is 10.5. The summed E-state index contributed by atoms with van der Waals surface area (Å²) in [5, 5.41) is 7.51. The van der Waals surface area contributed by atoms with Crippen LogP contribution in [0.4, 0.5) is 0 Å². The Morgan fingerprint density at radius 2 is 1.85 bits per heavy atom. The number of carbonyl (C=O) groups is 1. The van der Waals surface area contributed by atoms with Gasteiger partial charge in [0.15, 0.2) is 0 Å². The lowest BCUT2D eigenvalue weighted by atomic mass is 10.3. The molecule has 0 fully saturated rings. The Morgan fingerprint density at radius 3 is 2.08 bits per heavy atom. The van der Waals surface area contributed by atoms with Crippen molar-refractivity contribution in [3.05, 3.63) is 50.3 Å². The van der Waals surface area contributed by atoms with Crippen molar-refractivity contribution in [3.63, 3.8) is 0 Å². The van der Waals surface area contributed by atoms with Gasteiger partial charge in [-0.1, -0.05) is 32.4 Å². The molecule has 13 heavy (non-hydrogen) atoms. The Balaban J connectivity index is 0. The summed E-state index contributed by atoms with van der Waals surface area (Å²) in [5.74, 6) is -0.514. The molecule has 3 heteroatoms. The van der Waals surface area contributed by atoms with E-state index in [0.29, 0.717) is 0 Å². The zero-order valence-corrected chi connectivity index (χ0v) is 7.32. The molecule has 0 aliphatic rings. The number of allylic oxidation sites excluding steroid dienone is 1. The van der Waals surface area contributed by atoms with Crippen molar-refractivity contribution in [3.8, 4) is 6.07 Å². The lowest BCUT2D eigenvalue weighted by Crippen LogP contribution is -1.99. The molecular weight excluding hydrogens is 166 g/mol. The summed E-state index contributed by atoms with van der Waals surface area (Å²) in [6.07, 6.45) is 3.56. The van der Waals surface area contributed by atoms with Crippen LogP contribution in [0, 0.1) is 11.3 Å². The van der Waals surface area contributed by atoms with Crippen LogP contribution in [0.5, 0.6) is 0 Å². The van der Waals surface area contributed by atoms with Crippen LogP contribution in [-0.4, -0.2) is 5.97 Å². The fourth-order valence-corrected chi connectivity index (χ4v) is 0.235.